The molecule has 4 aromatic rings. The van der Waals surface area contributed by atoms with Crippen molar-refractivity contribution in [3.05, 3.63) is 117 Å². The van der Waals surface area contributed by atoms with Gasteiger partial charge >= 0.3 is 0 Å². The Morgan fingerprint density at radius 1 is 1.07 bits per heavy atom. The zero-order valence-corrected chi connectivity index (χ0v) is 25.4. The molecular formula is C30H26Cl2N2O4S2. The molecule has 0 saturated carbocycles. The fourth-order valence-corrected chi connectivity index (χ4v) is 6.16. The minimum absolute atomic E-state index is 0.0613. The lowest BCUT2D eigenvalue weighted by Gasteiger charge is -2.13. The number of nitrogens with zero attached hydrogens (tertiary/aromatic N) is 2. The average molecular weight is 614 g/mol. The van der Waals surface area contributed by atoms with Crippen molar-refractivity contribution < 1.29 is 9.72 Å². The molecule has 6 nitrogen and oxygen atoms in total. The van der Waals surface area contributed by atoms with Gasteiger partial charge in [-0.3, -0.25) is 24.3 Å². The summed E-state index contributed by atoms with van der Waals surface area (Å²) in [6.07, 6.45) is 3.06. The van der Waals surface area contributed by atoms with Gasteiger partial charge in [0.15, 0.2) is 5.78 Å². The van der Waals surface area contributed by atoms with Crippen molar-refractivity contribution in [3.8, 4) is 0 Å². The number of benzene rings is 3. The van der Waals surface area contributed by atoms with E-state index in [0.29, 0.717) is 35.3 Å². The summed E-state index contributed by atoms with van der Waals surface area (Å²) in [5.74, 6) is -0.146. The zero-order valence-electron chi connectivity index (χ0n) is 22.2. The summed E-state index contributed by atoms with van der Waals surface area (Å²) in [6.45, 7) is 7.45. The molecule has 206 valence electrons. The number of hydrogen-bond acceptors (Lipinski definition) is 6. The van der Waals surface area contributed by atoms with Crippen molar-refractivity contribution >= 4 is 69.9 Å². The van der Waals surface area contributed by atoms with Crippen LogP contribution in [-0.2, 0) is 11.3 Å². The van der Waals surface area contributed by atoms with Crippen molar-refractivity contribution in [2.45, 2.75) is 44.0 Å². The standard InChI is InChI=1S/C30H26Cl2N2O4S2/c1-18-8-11-20(12-9-18)39-25-13-10-19(14-24(25)34(37)38)15-26-29(36)33(17-21-22(31)6-5-7-23(21)32)28(40-26)16-27(35)30(2,3)4/h5-16H,17H2,1-4H3. The average Bonchev–Trinajstić information content (AvgIpc) is 3.16. The molecule has 0 atom stereocenters. The number of halogens is 2. The lowest BCUT2D eigenvalue weighted by molar-refractivity contribution is -0.387. The fraction of sp³-hybridized carbons (Fsp3) is 0.200. The molecule has 1 heterocycles. The van der Waals surface area contributed by atoms with Crippen LogP contribution >= 0.6 is 46.3 Å². The molecule has 0 unspecified atom stereocenters. The Bertz CT molecular complexity index is 1770. The third-order valence-corrected chi connectivity index (χ3v) is 8.88. The maximum atomic E-state index is 13.6. The maximum Gasteiger partial charge on any atom is 0.283 e. The Morgan fingerprint density at radius 3 is 2.33 bits per heavy atom. The molecule has 10 heteroatoms. The number of Topliss-reactive ketones (excluding diaryl/α,β-unsaturated/α-hetero) is 1. The van der Waals surface area contributed by atoms with Crippen LogP contribution in [0.15, 0.2) is 75.2 Å². The molecule has 0 bridgehead atoms. The highest BCUT2D eigenvalue weighted by molar-refractivity contribution is 7.99. The first-order chi connectivity index (χ1) is 18.8. The topological polar surface area (TPSA) is 82.2 Å². The Kier molecular flexibility index (Phi) is 9.05. The van der Waals surface area contributed by atoms with E-state index in [1.807, 2.05) is 31.2 Å². The van der Waals surface area contributed by atoms with E-state index in [-0.39, 0.29) is 23.6 Å². The lowest BCUT2D eigenvalue weighted by Crippen LogP contribution is -2.33. The second kappa shape index (κ2) is 12.1. The van der Waals surface area contributed by atoms with E-state index >= 15 is 0 Å². The van der Waals surface area contributed by atoms with Gasteiger partial charge in [0.05, 0.1) is 20.9 Å². The van der Waals surface area contributed by atoms with Crippen LogP contribution in [0.25, 0.3) is 12.2 Å². The van der Waals surface area contributed by atoms with Crippen LogP contribution in [-0.4, -0.2) is 15.3 Å². The van der Waals surface area contributed by atoms with E-state index in [1.54, 1.807) is 57.2 Å². The Hall–Kier alpha value is -3.17. The molecule has 3 aromatic carbocycles. The molecule has 1 aromatic heterocycles. The minimum Gasteiger partial charge on any atom is -0.294 e. The predicted octanol–water partition coefficient (Wildman–Crippen LogP) is 6.86. The van der Waals surface area contributed by atoms with Crippen LogP contribution < -0.4 is 14.8 Å². The molecule has 40 heavy (non-hydrogen) atoms. The first kappa shape index (κ1) is 29.8. The van der Waals surface area contributed by atoms with Crippen LogP contribution in [0, 0.1) is 22.5 Å². The molecular weight excluding hydrogens is 587 g/mol. The van der Waals surface area contributed by atoms with E-state index in [1.165, 1.54) is 28.5 Å². The third-order valence-electron chi connectivity index (χ3n) is 6.03. The number of nitro benzene ring substituents is 1. The molecule has 0 aliphatic rings. The normalized spacial score (nSPS) is 12.7. The Morgan fingerprint density at radius 2 is 1.73 bits per heavy atom. The summed E-state index contributed by atoms with van der Waals surface area (Å²) in [5, 5.41) is 12.7. The van der Waals surface area contributed by atoms with Crippen molar-refractivity contribution in [1.82, 2.24) is 4.57 Å². The highest BCUT2D eigenvalue weighted by Gasteiger charge is 2.20. The number of hydrogen-bond donors (Lipinski definition) is 0. The van der Waals surface area contributed by atoms with Gasteiger partial charge in [-0.1, -0.05) is 85.6 Å². The van der Waals surface area contributed by atoms with Gasteiger partial charge in [0, 0.05) is 38.1 Å². The number of carbonyl (C=O) groups excluding carboxylic acids is 1. The van der Waals surface area contributed by atoms with Crippen molar-refractivity contribution in [1.29, 1.82) is 0 Å². The first-order valence-electron chi connectivity index (χ1n) is 12.3. The van der Waals surface area contributed by atoms with Crippen molar-refractivity contribution in [2.24, 2.45) is 5.41 Å². The van der Waals surface area contributed by atoms with Crippen LogP contribution in [0.1, 0.15) is 37.5 Å². The zero-order chi connectivity index (χ0) is 29.2. The van der Waals surface area contributed by atoms with Gasteiger partial charge in [0.1, 0.15) is 4.66 Å². The third kappa shape index (κ3) is 6.93. The number of nitro groups is 1. The van der Waals surface area contributed by atoms with Crippen LogP contribution in [0.4, 0.5) is 5.69 Å². The number of carbonyl (C=O) groups is 1. The van der Waals surface area contributed by atoms with E-state index in [4.69, 9.17) is 23.2 Å². The number of aryl methyl sites for hydroxylation is 1. The quantitative estimate of drug-likeness (QED) is 0.168. The Labute approximate surface area is 249 Å². The molecule has 0 aliphatic heterocycles. The summed E-state index contributed by atoms with van der Waals surface area (Å²) in [7, 11) is 0. The first-order valence-corrected chi connectivity index (χ1v) is 14.7. The van der Waals surface area contributed by atoms with Crippen LogP contribution in [0.5, 0.6) is 0 Å². The molecule has 0 radical (unpaired) electrons. The van der Waals surface area contributed by atoms with E-state index in [2.05, 4.69) is 0 Å². The maximum absolute atomic E-state index is 13.6. The van der Waals surface area contributed by atoms with Crippen LogP contribution in [0.3, 0.4) is 0 Å². The van der Waals surface area contributed by atoms with E-state index in [9.17, 15) is 19.7 Å². The van der Waals surface area contributed by atoms with Crippen molar-refractivity contribution in [3.63, 3.8) is 0 Å². The highest BCUT2D eigenvalue weighted by Crippen LogP contribution is 2.35. The fourth-order valence-electron chi connectivity index (χ4n) is 3.70. The lowest BCUT2D eigenvalue weighted by atomic mass is 9.91. The molecule has 0 N–H and O–H groups in total. The second-order valence-electron chi connectivity index (χ2n) is 10.2. The largest absolute Gasteiger partial charge is 0.294 e. The smallest absolute Gasteiger partial charge is 0.283 e. The molecule has 0 fully saturated rings. The van der Waals surface area contributed by atoms with Gasteiger partial charge in [-0.15, -0.1) is 11.3 Å². The number of aromatic nitrogens is 1. The SMILES string of the molecule is Cc1ccc(Sc2ccc(C=c3sc(=CC(=O)C(C)(C)C)n(Cc4c(Cl)cccc4Cl)c3=O)cc2[N+](=O)[O-])cc1. The van der Waals surface area contributed by atoms with Gasteiger partial charge in [0.25, 0.3) is 11.2 Å². The molecule has 0 aliphatic carbocycles. The summed E-state index contributed by atoms with van der Waals surface area (Å²) in [6, 6.07) is 17.7. The monoisotopic (exact) mass is 612 g/mol. The molecule has 0 spiro atoms. The van der Waals surface area contributed by atoms with Crippen LogP contribution in [0.2, 0.25) is 10.0 Å². The van der Waals surface area contributed by atoms with E-state index in [0.717, 1.165) is 21.8 Å². The number of thiazole rings is 1. The Balaban J connectivity index is 1.83. The minimum atomic E-state index is -0.650. The number of rotatable bonds is 7. The van der Waals surface area contributed by atoms with Gasteiger partial charge in [-0.25, -0.2) is 0 Å². The van der Waals surface area contributed by atoms with E-state index < -0.39 is 10.3 Å². The summed E-state index contributed by atoms with van der Waals surface area (Å²) < 4.78 is 2.22. The molecule has 4 rings (SSSR count). The van der Waals surface area contributed by atoms with Gasteiger partial charge in [0.2, 0.25) is 0 Å². The van der Waals surface area contributed by atoms with Gasteiger partial charge in [-0.05, 0) is 48.9 Å². The highest BCUT2D eigenvalue weighted by atomic mass is 35.5. The summed E-state index contributed by atoms with van der Waals surface area (Å²) >= 11 is 15.2. The molecule has 0 amide bonds. The second-order valence-corrected chi connectivity index (χ2v) is 13.2. The van der Waals surface area contributed by atoms with Gasteiger partial charge in [-0.2, -0.15) is 0 Å². The van der Waals surface area contributed by atoms with Gasteiger partial charge < -0.3 is 0 Å². The predicted molar refractivity (Wildman–Crippen MR) is 164 cm³/mol. The number of ketones is 1. The summed E-state index contributed by atoms with van der Waals surface area (Å²) in [4.78, 5) is 39.3. The van der Waals surface area contributed by atoms with Crippen molar-refractivity contribution in [2.75, 3.05) is 0 Å². The summed E-state index contributed by atoms with van der Waals surface area (Å²) in [5.41, 5.74) is 1.09. The molecule has 0 saturated heterocycles.